The Morgan fingerprint density at radius 1 is 1.06 bits per heavy atom. The van der Waals surface area contributed by atoms with Crippen molar-refractivity contribution in [1.82, 2.24) is 20.4 Å². The Bertz CT molecular complexity index is 619. The number of hydrogen-bond acceptors (Lipinski definition) is 4. The van der Waals surface area contributed by atoms with Crippen molar-refractivity contribution in [3.05, 3.63) is 35.4 Å². The second-order valence-electron chi connectivity index (χ2n) is 8.96. The van der Waals surface area contributed by atoms with E-state index in [4.69, 9.17) is 0 Å². The predicted octanol–water partition coefficient (Wildman–Crippen LogP) is 3.44. The molecule has 0 amide bonds. The van der Waals surface area contributed by atoms with Gasteiger partial charge in [-0.2, -0.15) is 0 Å². The molecule has 1 aliphatic heterocycles. The molecule has 0 unspecified atom stereocenters. The first-order chi connectivity index (χ1) is 14.4. The zero-order chi connectivity index (χ0) is 21.9. The van der Waals surface area contributed by atoms with Gasteiger partial charge in [0.25, 0.3) is 0 Å². The normalized spacial score (nSPS) is 16.1. The Balaban J connectivity index is 0.00000480. The Morgan fingerprint density at radius 3 is 2.19 bits per heavy atom. The van der Waals surface area contributed by atoms with Gasteiger partial charge >= 0.3 is 0 Å². The summed E-state index contributed by atoms with van der Waals surface area (Å²) in [5.74, 6) is 0.853. The number of aliphatic hydroxyl groups excluding tert-OH is 1. The van der Waals surface area contributed by atoms with Crippen molar-refractivity contribution >= 4 is 29.9 Å². The summed E-state index contributed by atoms with van der Waals surface area (Å²) < 4.78 is 0. The van der Waals surface area contributed by atoms with Crippen LogP contribution < -0.4 is 10.6 Å². The maximum absolute atomic E-state index is 9.64. The number of hydrogen-bond donors (Lipinski definition) is 3. The molecule has 1 aromatic rings. The van der Waals surface area contributed by atoms with Crippen molar-refractivity contribution in [2.24, 2.45) is 4.99 Å². The monoisotopic (exact) mass is 545 g/mol. The summed E-state index contributed by atoms with van der Waals surface area (Å²) in [5.41, 5.74) is 2.58. The molecule has 1 fully saturated rings. The van der Waals surface area contributed by atoms with Gasteiger partial charge in [0.15, 0.2) is 5.96 Å². The molecule has 7 heteroatoms. The molecule has 1 aliphatic rings. The first-order valence-corrected chi connectivity index (χ1v) is 11.6. The molecule has 0 bridgehead atoms. The number of nitrogens with one attached hydrogen (secondary N) is 2. The van der Waals surface area contributed by atoms with Crippen molar-refractivity contribution in [2.75, 3.05) is 33.2 Å². The van der Waals surface area contributed by atoms with E-state index >= 15 is 0 Å². The van der Waals surface area contributed by atoms with E-state index in [9.17, 15) is 5.11 Å². The van der Waals surface area contributed by atoms with Gasteiger partial charge in [-0.15, -0.1) is 24.0 Å². The summed E-state index contributed by atoms with van der Waals surface area (Å²) in [7, 11) is 1.82. The van der Waals surface area contributed by atoms with Crippen molar-refractivity contribution in [1.29, 1.82) is 0 Å². The third kappa shape index (κ3) is 10.5. The number of rotatable bonds is 10. The number of guanidine groups is 1. The molecule has 0 saturated carbocycles. The van der Waals surface area contributed by atoms with E-state index in [-0.39, 0.29) is 30.1 Å². The van der Waals surface area contributed by atoms with Crippen LogP contribution in [0.15, 0.2) is 29.3 Å². The van der Waals surface area contributed by atoms with Crippen LogP contribution in [0.3, 0.4) is 0 Å². The predicted molar refractivity (Wildman–Crippen MR) is 142 cm³/mol. The Hall–Kier alpha value is -0.900. The molecular formula is C24H44IN5O. The van der Waals surface area contributed by atoms with Crippen LogP contribution in [0.5, 0.6) is 0 Å². The van der Waals surface area contributed by atoms with Gasteiger partial charge < -0.3 is 15.7 Å². The second kappa shape index (κ2) is 15.0. The van der Waals surface area contributed by atoms with Gasteiger partial charge in [0.2, 0.25) is 0 Å². The summed E-state index contributed by atoms with van der Waals surface area (Å²) in [6, 6.07) is 9.96. The molecule has 6 nitrogen and oxygen atoms in total. The van der Waals surface area contributed by atoms with Crippen molar-refractivity contribution < 1.29 is 5.11 Å². The highest BCUT2D eigenvalue weighted by Gasteiger charge is 2.16. The third-order valence-corrected chi connectivity index (χ3v) is 5.88. The van der Waals surface area contributed by atoms with Gasteiger partial charge in [0, 0.05) is 58.4 Å². The van der Waals surface area contributed by atoms with Gasteiger partial charge in [-0.05, 0) is 58.1 Å². The maximum Gasteiger partial charge on any atom is 0.191 e. The second-order valence-corrected chi connectivity index (χ2v) is 8.96. The molecule has 1 saturated heterocycles. The highest BCUT2D eigenvalue weighted by Crippen LogP contribution is 2.14. The molecule has 0 spiro atoms. The minimum atomic E-state index is -0.109. The molecule has 3 N–H and O–H groups in total. The summed E-state index contributed by atoms with van der Waals surface area (Å²) in [4.78, 5) is 9.29. The smallest absolute Gasteiger partial charge is 0.191 e. The molecule has 178 valence electrons. The van der Waals surface area contributed by atoms with Gasteiger partial charge in [-0.1, -0.05) is 24.3 Å². The lowest BCUT2D eigenvalue weighted by atomic mass is 10.1. The maximum atomic E-state index is 9.64. The zero-order valence-corrected chi connectivity index (χ0v) is 22.4. The van der Waals surface area contributed by atoms with Gasteiger partial charge in [0.05, 0.1) is 6.10 Å². The first-order valence-electron chi connectivity index (χ1n) is 11.6. The zero-order valence-electron chi connectivity index (χ0n) is 20.1. The molecule has 0 atom stereocenters. The van der Waals surface area contributed by atoms with E-state index in [2.05, 4.69) is 77.4 Å². The fourth-order valence-electron chi connectivity index (χ4n) is 4.09. The van der Waals surface area contributed by atoms with Crippen molar-refractivity contribution in [2.45, 2.75) is 78.2 Å². The lowest BCUT2D eigenvalue weighted by Gasteiger charge is -2.30. The van der Waals surface area contributed by atoms with Crippen LogP contribution in [0.1, 0.15) is 58.1 Å². The quantitative estimate of drug-likeness (QED) is 0.182. The largest absolute Gasteiger partial charge is 0.393 e. The lowest BCUT2D eigenvalue weighted by Crippen LogP contribution is -2.41. The summed E-state index contributed by atoms with van der Waals surface area (Å²) in [6.45, 7) is 14.7. The fraction of sp³-hybridized carbons (Fsp3) is 0.708. The Morgan fingerprint density at radius 2 is 1.65 bits per heavy atom. The van der Waals surface area contributed by atoms with Crippen LogP contribution in [0.25, 0.3) is 0 Å². The molecule has 31 heavy (non-hydrogen) atoms. The average Bonchev–Trinajstić information content (AvgIpc) is 2.72. The topological polar surface area (TPSA) is 63.1 Å². The summed E-state index contributed by atoms with van der Waals surface area (Å²) >= 11 is 0. The molecule has 2 rings (SSSR count). The van der Waals surface area contributed by atoms with E-state index in [1.807, 2.05) is 7.05 Å². The molecule has 1 heterocycles. The van der Waals surface area contributed by atoms with Crippen LogP contribution in [0, 0.1) is 0 Å². The Labute approximate surface area is 206 Å². The number of benzene rings is 1. The first kappa shape index (κ1) is 28.1. The highest BCUT2D eigenvalue weighted by atomic mass is 127. The van der Waals surface area contributed by atoms with Crippen molar-refractivity contribution in [3.8, 4) is 0 Å². The van der Waals surface area contributed by atoms with E-state index in [0.717, 1.165) is 64.5 Å². The SMILES string of the molecule is CN=C(NCCCN(C(C)C)C(C)C)NCc1ccc(CN2CCC(O)CC2)cc1.I. The van der Waals surface area contributed by atoms with Crippen LogP contribution in [0.2, 0.25) is 0 Å². The Kier molecular flexibility index (Phi) is 13.6. The van der Waals surface area contributed by atoms with Crippen LogP contribution in [-0.4, -0.2) is 72.3 Å². The van der Waals surface area contributed by atoms with Gasteiger partial charge in [-0.25, -0.2) is 0 Å². The average molecular weight is 546 g/mol. The molecule has 0 radical (unpaired) electrons. The van der Waals surface area contributed by atoms with E-state index in [0.29, 0.717) is 12.1 Å². The van der Waals surface area contributed by atoms with Crippen LogP contribution in [-0.2, 0) is 13.1 Å². The minimum absolute atomic E-state index is 0. The minimum Gasteiger partial charge on any atom is -0.393 e. The van der Waals surface area contributed by atoms with E-state index < -0.39 is 0 Å². The third-order valence-electron chi connectivity index (χ3n) is 5.88. The van der Waals surface area contributed by atoms with Gasteiger partial charge in [-0.3, -0.25) is 14.8 Å². The number of aliphatic hydroxyl groups is 1. The number of aliphatic imine (C=N–C) groups is 1. The van der Waals surface area contributed by atoms with Crippen LogP contribution in [0.4, 0.5) is 0 Å². The number of halogens is 1. The van der Waals surface area contributed by atoms with Crippen molar-refractivity contribution in [3.63, 3.8) is 0 Å². The van der Waals surface area contributed by atoms with Crippen LogP contribution >= 0.6 is 24.0 Å². The van der Waals surface area contributed by atoms with Gasteiger partial charge in [0.1, 0.15) is 0 Å². The number of likely N-dealkylation sites (tertiary alicyclic amines) is 1. The standard InChI is InChI=1S/C24H43N5O.HI/c1-19(2)29(20(3)4)14-6-13-26-24(25-5)27-17-21-7-9-22(10-8-21)18-28-15-11-23(30)12-16-28;/h7-10,19-20,23,30H,6,11-18H2,1-5H3,(H2,25,26,27);1H. The number of nitrogens with zero attached hydrogens (tertiary/aromatic N) is 3. The van der Waals surface area contributed by atoms with E-state index in [1.165, 1.54) is 11.1 Å². The lowest BCUT2D eigenvalue weighted by molar-refractivity contribution is 0.0792. The molecule has 1 aromatic carbocycles. The molecule has 0 aliphatic carbocycles. The summed E-state index contributed by atoms with van der Waals surface area (Å²) in [6.07, 6.45) is 2.77. The number of piperidine rings is 1. The molecule has 0 aromatic heterocycles. The molecular weight excluding hydrogens is 501 g/mol. The summed E-state index contributed by atoms with van der Waals surface area (Å²) in [5, 5.41) is 16.5. The van der Waals surface area contributed by atoms with E-state index in [1.54, 1.807) is 0 Å². The highest BCUT2D eigenvalue weighted by molar-refractivity contribution is 14.0. The fourth-order valence-corrected chi connectivity index (χ4v) is 4.09.